The van der Waals surface area contributed by atoms with Crippen molar-refractivity contribution in [2.45, 2.75) is 32.6 Å². The van der Waals surface area contributed by atoms with Gasteiger partial charge in [0.2, 0.25) is 0 Å². The van der Waals surface area contributed by atoms with Crippen molar-refractivity contribution in [3.63, 3.8) is 0 Å². The number of hydrogen-bond donors (Lipinski definition) is 0. The summed E-state index contributed by atoms with van der Waals surface area (Å²) in [6.45, 7) is 7.73. The Bertz CT molecular complexity index is 495. The lowest BCUT2D eigenvalue weighted by molar-refractivity contribution is -0.137. The summed E-state index contributed by atoms with van der Waals surface area (Å²) in [5.74, 6) is -0.560. The molecule has 1 fully saturated rings. The number of esters is 1. The van der Waals surface area contributed by atoms with Gasteiger partial charge in [0.25, 0.3) is 5.91 Å². The van der Waals surface area contributed by atoms with Crippen LogP contribution in [0.15, 0.2) is 24.3 Å². The zero-order valence-electron chi connectivity index (χ0n) is 12.3. The molecule has 0 radical (unpaired) electrons. The molecular formula is C16H21NO3. The third-order valence-electron chi connectivity index (χ3n) is 3.52. The van der Waals surface area contributed by atoms with Gasteiger partial charge in [-0.15, -0.1) is 0 Å². The number of hydrogen-bond acceptors (Lipinski definition) is 3. The van der Waals surface area contributed by atoms with Crippen LogP contribution in [0.4, 0.5) is 0 Å². The Morgan fingerprint density at radius 3 is 2.20 bits per heavy atom. The lowest BCUT2D eigenvalue weighted by atomic mass is 9.87. The number of ether oxygens (including phenoxy) is 1. The van der Waals surface area contributed by atoms with Crippen LogP contribution in [0, 0.1) is 0 Å². The minimum absolute atomic E-state index is 0.0515. The van der Waals surface area contributed by atoms with E-state index in [1.165, 1.54) is 0 Å². The van der Waals surface area contributed by atoms with Crippen molar-refractivity contribution in [3.05, 3.63) is 35.4 Å². The average Bonchev–Trinajstić information content (AvgIpc) is 2.33. The standard InChI is InChI=1S/C16H21NO3/c1-16(2,3)13-7-5-12(6-8-13)15(19)20-11-14(18)17-9-4-10-17/h5-8H,4,9-11H2,1-3H3. The van der Waals surface area contributed by atoms with Crippen molar-refractivity contribution >= 4 is 11.9 Å². The molecule has 0 aromatic heterocycles. The van der Waals surface area contributed by atoms with Gasteiger partial charge in [-0.3, -0.25) is 4.79 Å². The normalized spacial score (nSPS) is 14.7. The van der Waals surface area contributed by atoms with E-state index in [1.54, 1.807) is 17.0 Å². The number of likely N-dealkylation sites (tertiary alicyclic amines) is 1. The average molecular weight is 275 g/mol. The third kappa shape index (κ3) is 3.38. The number of carbonyl (C=O) groups is 2. The van der Waals surface area contributed by atoms with Gasteiger partial charge in [-0.1, -0.05) is 32.9 Å². The van der Waals surface area contributed by atoms with Crippen LogP contribution in [-0.2, 0) is 14.9 Å². The molecule has 1 aromatic rings. The smallest absolute Gasteiger partial charge is 0.338 e. The summed E-state index contributed by atoms with van der Waals surface area (Å²) >= 11 is 0. The minimum Gasteiger partial charge on any atom is -0.452 e. The van der Waals surface area contributed by atoms with Crippen molar-refractivity contribution in [1.82, 2.24) is 4.90 Å². The van der Waals surface area contributed by atoms with Crippen molar-refractivity contribution in [2.24, 2.45) is 0 Å². The van der Waals surface area contributed by atoms with Crippen LogP contribution in [0.1, 0.15) is 43.1 Å². The molecule has 1 aliphatic rings. The first kappa shape index (κ1) is 14.6. The van der Waals surface area contributed by atoms with Gasteiger partial charge >= 0.3 is 5.97 Å². The van der Waals surface area contributed by atoms with Gasteiger partial charge in [0.1, 0.15) is 0 Å². The molecule has 1 heterocycles. The molecule has 1 aromatic carbocycles. The number of amides is 1. The Hall–Kier alpha value is -1.84. The van der Waals surface area contributed by atoms with E-state index < -0.39 is 5.97 Å². The Kier molecular flexibility index (Phi) is 4.12. The van der Waals surface area contributed by atoms with Crippen LogP contribution in [0.25, 0.3) is 0 Å². The van der Waals surface area contributed by atoms with Crippen molar-refractivity contribution in [1.29, 1.82) is 0 Å². The lowest BCUT2D eigenvalue weighted by Gasteiger charge is -2.30. The predicted octanol–water partition coefficient (Wildman–Crippen LogP) is 2.37. The summed E-state index contributed by atoms with van der Waals surface area (Å²) in [4.78, 5) is 25.1. The second-order valence-electron chi connectivity index (χ2n) is 6.14. The molecule has 108 valence electrons. The van der Waals surface area contributed by atoms with Crippen LogP contribution in [0.3, 0.4) is 0 Å². The molecule has 4 nitrogen and oxygen atoms in total. The summed E-state index contributed by atoms with van der Waals surface area (Å²) in [6, 6.07) is 7.34. The maximum atomic E-state index is 11.8. The second-order valence-corrected chi connectivity index (χ2v) is 6.14. The number of carbonyl (C=O) groups excluding carboxylic acids is 2. The summed E-state index contributed by atoms with van der Waals surface area (Å²) in [5.41, 5.74) is 1.69. The minimum atomic E-state index is -0.445. The van der Waals surface area contributed by atoms with E-state index in [-0.39, 0.29) is 17.9 Å². The quantitative estimate of drug-likeness (QED) is 0.796. The highest BCUT2D eigenvalue weighted by molar-refractivity contribution is 5.91. The van der Waals surface area contributed by atoms with Gasteiger partial charge in [0.05, 0.1) is 5.56 Å². The van der Waals surface area contributed by atoms with E-state index in [0.29, 0.717) is 5.56 Å². The van der Waals surface area contributed by atoms with E-state index in [0.717, 1.165) is 25.1 Å². The number of nitrogens with zero attached hydrogens (tertiary/aromatic N) is 1. The maximum Gasteiger partial charge on any atom is 0.338 e. The van der Waals surface area contributed by atoms with E-state index in [1.807, 2.05) is 12.1 Å². The molecule has 2 rings (SSSR count). The van der Waals surface area contributed by atoms with Crippen LogP contribution in [0.5, 0.6) is 0 Å². The summed E-state index contributed by atoms with van der Waals surface area (Å²) in [5, 5.41) is 0. The monoisotopic (exact) mass is 275 g/mol. The van der Waals surface area contributed by atoms with Crippen molar-refractivity contribution in [2.75, 3.05) is 19.7 Å². The fourth-order valence-corrected chi connectivity index (χ4v) is 1.97. The molecule has 0 unspecified atom stereocenters. The molecule has 4 heteroatoms. The van der Waals surface area contributed by atoms with Gasteiger partial charge in [0.15, 0.2) is 6.61 Å². The molecule has 1 saturated heterocycles. The third-order valence-corrected chi connectivity index (χ3v) is 3.52. The molecular weight excluding hydrogens is 254 g/mol. The van der Waals surface area contributed by atoms with E-state index in [2.05, 4.69) is 20.8 Å². The van der Waals surface area contributed by atoms with Crippen LogP contribution in [-0.4, -0.2) is 36.5 Å². The predicted molar refractivity (Wildman–Crippen MR) is 76.6 cm³/mol. The topological polar surface area (TPSA) is 46.6 Å². The summed E-state index contributed by atoms with van der Waals surface area (Å²) in [6.07, 6.45) is 1.04. The maximum absolute atomic E-state index is 11.8. The van der Waals surface area contributed by atoms with Gasteiger partial charge < -0.3 is 9.64 Å². The van der Waals surface area contributed by atoms with Gasteiger partial charge in [-0.05, 0) is 29.5 Å². The van der Waals surface area contributed by atoms with Crippen LogP contribution in [0.2, 0.25) is 0 Å². The van der Waals surface area contributed by atoms with E-state index >= 15 is 0 Å². The van der Waals surface area contributed by atoms with E-state index in [9.17, 15) is 9.59 Å². The van der Waals surface area contributed by atoms with Gasteiger partial charge in [0, 0.05) is 13.1 Å². The highest BCUT2D eigenvalue weighted by atomic mass is 16.5. The molecule has 20 heavy (non-hydrogen) atoms. The molecule has 0 N–H and O–H groups in total. The molecule has 0 aliphatic carbocycles. The fourth-order valence-electron chi connectivity index (χ4n) is 1.97. The molecule has 0 bridgehead atoms. The van der Waals surface area contributed by atoms with Crippen LogP contribution >= 0.6 is 0 Å². The zero-order valence-corrected chi connectivity index (χ0v) is 12.3. The SMILES string of the molecule is CC(C)(C)c1ccc(C(=O)OCC(=O)N2CCC2)cc1. The van der Waals surface area contributed by atoms with Gasteiger partial charge in [-0.25, -0.2) is 4.79 Å². The van der Waals surface area contributed by atoms with Crippen molar-refractivity contribution < 1.29 is 14.3 Å². The first-order valence-electron chi connectivity index (χ1n) is 6.93. The molecule has 1 aliphatic heterocycles. The molecule has 1 amide bonds. The molecule has 0 saturated carbocycles. The highest BCUT2D eigenvalue weighted by Gasteiger charge is 2.21. The Labute approximate surface area is 119 Å². The number of rotatable bonds is 3. The largest absolute Gasteiger partial charge is 0.452 e. The molecule has 0 spiro atoms. The molecule has 0 atom stereocenters. The Morgan fingerprint density at radius 1 is 1.15 bits per heavy atom. The Balaban J connectivity index is 1.90. The fraction of sp³-hybridized carbons (Fsp3) is 0.500. The summed E-state index contributed by atoms with van der Waals surface area (Å²) in [7, 11) is 0. The highest BCUT2D eigenvalue weighted by Crippen LogP contribution is 2.22. The zero-order chi connectivity index (χ0) is 14.8. The summed E-state index contributed by atoms with van der Waals surface area (Å²) < 4.78 is 5.04. The van der Waals surface area contributed by atoms with Crippen molar-refractivity contribution in [3.8, 4) is 0 Å². The lowest BCUT2D eigenvalue weighted by Crippen LogP contribution is -2.44. The van der Waals surface area contributed by atoms with Crippen LogP contribution < -0.4 is 0 Å². The van der Waals surface area contributed by atoms with E-state index in [4.69, 9.17) is 4.74 Å². The number of benzene rings is 1. The first-order valence-corrected chi connectivity index (χ1v) is 6.93. The first-order chi connectivity index (χ1) is 9.38. The second kappa shape index (κ2) is 5.65. The Morgan fingerprint density at radius 2 is 1.75 bits per heavy atom. The van der Waals surface area contributed by atoms with Gasteiger partial charge in [-0.2, -0.15) is 0 Å².